The van der Waals surface area contributed by atoms with Crippen LogP contribution in [0.4, 0.5) is 9.59 Å². The lowest BCUT2D eigenvalue weighted by Gasteiger charge is -2.16. The topological polar surface area (TPSA) is 125 Å². The van der Waals surface area contributed by atoms with Gasteiger partial charge in [0.15, 0.2) is 0 Å². The molecular formula is C18H24N4O5S. The van der Waals surface area contributed by atoms with Gasteiger partial charge in [0.2, 0.25) is 0 Å². The second kappa shape index (κ2) is 8.87. The lowest BCUT2D eigenvalue weighted by atomic mass is 10.1. The minimum absolute atomic E-state index is 0.0415. The Hall–Kier alpha value is -2.88. The van der Waals surface area contributed by atoms with Crippen molar-refractivity contribution in [2.24, 2.45) is 0 Å². The average molecular weight is 408 g/mol. The molecule has 28 heavy (non-hydrogen) atoms. The Bertz CT molecular complexity index is 906. The van der Waals surface area contributed by atoms with Gasteiger partial charge in [-0.05, 0) is 43.0 Å². The Morgan fingerprint density at radius 3 is 2.36 bits per heavy atom. The highest BCUT2D eigenvalue weighted by Crippen LogP contribution is 2.21. The molecule has 1 aromatic carbocycles. The molecule has 0 bridgehead atoms. The van der Waals surface area contributed by atoms with E-state index >= 15 is 0 Å². The van der Waals surface area contributed by atoms with Crippen molar-refractivity contribution in [2.75, 3.05) is 20.1 Å². The van der Waals surface area contributed by atoms with E-state index in [4.69, 9.17) is 0 Å². The number of amides is 5. The second-order valence-electron chi connectivity index (χ2n) is 6.31. The highest BCUT2D eigenvalue weighted by Gasteiger charge is 2.31. The van der Waals surface area contributed by atoms with Crippen LogP contribution in [0.5, 0.6) is 0 Å². The normalized spacial score (nSPS) is 14.2. The summed E-state index contributed by atoms with van der Waals surface area (Å²) < 4.78 is 25.9. The fourth-order valence-electron chi connectivity index (χ4n) is 2.84. The predicted molar refractivity (Wildman–Crippen MR) is 103 cm³/mol. The third-order valence-corrected chi connectivity index (χ3v) is 5.74. The molecule has 2 rings (SSSR count). The smallest absolute Gasteiger partial charge is 0.328 e. The molecule has 0 aromatic heterocycles. The van der Waals surface area contributed by atoms with Gasteiger partial charge in [0, 0.05) is 19.2 Å². The minimum atomic E-state index is -3.93. The largest absolute Gasteiger partial charge is 0.340 e. The zero-order chi connectivity index (χ0) is 20.9. The molecule has 0 saturated carbocycles. The third-order valence-electron chi connectivity index (χ3n) is 4.39. The molecule has 0 fully saturated rings. The van der Waals surface area contributed by atoms with Gasteiger partial charge < -0.3 is 10.6 Å². The summed E-state index contributed by atoms with van der Waals surface area (Å²) in [5, 5.41) is 4.88. The number of imide groups is 1. The molecular weight excluding hydrogens is 384 g/mol. The summed E-state index contributed by atoms with van der Waals surface area (Å²) in [6.07, 6.45) is 1.06. The molecule has 0 spiro atoms. The summed E-state index contributed by atoms with van der Waals surface area (Å²) in [6, 6.07) is 4.71. The maximum Gasteiger partial charge on any atom is 0.328 e. The van der Waals surface area contributed by atoms with Gasteiger partial charge in [-0.1, -0.05) is 19.1 Å². The first kappa shape index (κ1) is 21.4. The van der Waals surface area contributed by atoms with E-state index in [2.05, 4.69) is 10.6 Å². The minimum Gasteiger partial charge on any atom is -0.340 e. The van der Waals surface area contributed by atoms with Crippen LogP contribution in [0, 0.1) is 0 Å². The molecule has 1 heterocycles. The Labute approximate surface area is 164 Å². The van der Waals surface area contributed by atoms with Crippen LogP contribution in [0.3, 0.4) is 0 Å². The molecule has 1 aromatic rings. The SMILES string of the molecule is CCC1=C(C)CN(C(=O)NCCc2ccc(S(=O)(=O)NC(=O)NC)cc2)C1=O. The van der Waals surface area contributed by atoms with Crippen molar-refractivity contribution in [3.63, 3.8) is 0 Å². The lowest BCUT2D eigenvalue weighted by molar-refractivity contribution is -0.123. The Kier molecular flexibility index (Phi) is 6.79. The summed E-state index contributed by atoms with van der Waals surface area (Å²) >= 11 is 0. The summed E-state index contributed by atoms with van der Waals surface area (Å²) in [5.41, 5.74) is 2.39. The van der Waals surface area contributed by atoms with Gasteiger partial charge in [0.1, 0.15) is 0 Å². The fraction of sp³-hybridized carbons (Fsp3) is 0.389. The van der Waals surface area contributed by atoms with Crippen molar-refractivity contribution >= 4 is 28.0 Å². The van der Waals surface area contributed by atoms with E-state index in [0.29, 0.717) is 31.5 Å². The third kappa shape index (κ3) is 4.89. The van der Waals surface area contributed by atoms with Crippen LogP contribution in [-0.4, -0.2) is 51.4 Å². The maximum atomic E-state index is 12.2. The fourth-order valence-corrected chi connectivity index (χ4v) is 3.80. The van der Waals surface area contributed by atoms with E-state index in [0.717, 1.165) is 11.1 Å². The number of sulfonamides is 1. The number of nitrogens with one attached hydrogen (secondary N) is 3. The summed E-state index contributed by atoms with van der Waals surface area (Å²) in [4.78, 5) is 36.7. The molecule has 0 unspecified atom stereocenters. The summed E-state index contributed by atoms with van der Waals surface area (Å²) in [5.74, 6) is -0.254. The number of carbonyl (C=O) groups excluding carboxylic acids is 3. The zero-order valence-electron chi connectivity index (χ0n) is 16.0. The van der Waals surface area contributed by atoms with Crippen LogP contribution in [0.25, 0.3) is 0 Å². The van der Waals surface area contributed by atoms with E-state index < -0.39 is 22.1 Å². The zero-order valence-corrected chi connectivity index (χ0v) is 16.9. The van der Waals surface area contributed by atoms with E-state index in [-0.39, 0.29) is 10.8 Å². The predicted octanol–water partition coefficient (Wildman–Crippen LogP) is 1.13. The van der Waals surface area contributed by atoms with Gasteiger partial charge in [0.05, 0.1) is 11.4 Å². The monoisotopic (exact) mass is 408 g/mol. The van der Waals surface area contributed by atoms with Gasteiger partial charge >= 0.3 is 12.1 Å². The first-order valence-corrected chi connectivity index (χ1v) is 10.3. The molecule has 0 aliphatic carbocycles. The van der Waals surface area contributed by atoms with E-state index in [1.807, 2.05) is 18.6 Å². The Morgan fingerprint density at radius 1 is 1.18 bits per heavy atom. The van der Waals surface area contributed by atoms with Gasteiger partial charge in [-0.25, -0.2) is 22.7 Å². The molecule has 152 valence electrons. The molecule has 0 radical (unpaired) electrons. The van der Waals surface area contributed by atoms with Crippen molar-refractivity contribution in [1.82, 2.24) is 20.3 Å². The molecule has 10 heteroatoms. The molecule has 9 nitrogen and oxygen atoms in total. The molecule has 0 saturated heterocycles. The molecule has 0 atom stereocenters. The van der Waals surface area contributed by atoms with Crippen LogP contribution in [0.2, 0.25) is 0 Å². The standard InChI is InChI=1S/C18H24N4O5S/c1-4-15-12(2)11-22(16(15)23)18(25)20-10-9-13-5-7-14(8-6-13)28(26,27)21-17(24)19-3/h5-8H,4,9-11H2,1-3H3,(H,20,25)(H2,19,21,24). The van der Waals surface area contributed by atoms with Crippen molar-refractivity contribution in [3.05, 3.63) is 41.0 Å². The van der Waals surface area contributed by atoms with Crippen LogP contribution in [-0.2, 0) is 21.2 Å². The number of nitrogens with zero attached hydrogens (tertiary/aromatic N) is 1. The van der Waals surface area contributed by atoms with Gasteiger partial charge in [-0.3, -0.25) is 9.69 Å². The number of hydrogen-bond donors (Lipinski definition) is 3. The number of carbonyl (C=O) groups is 3. The highest BCUT2D eigenvalue weighted by molar-refractivity contribution is 7.90. The van der Waals surface area contributed by atoms with Crippen molar-refractivity contribution in [2.45, 2.75) is 31.6 Å². The van der Waals surface area contributed by atoms with E-state index in [1.54, 1.807) is 12.1 Å². The first-order chi connectivity index (χ1) is 13.2. The van der Waals surface area contributed by atoms with Crippen LogP contribution >= 0.6 is 0 Å². The molecule has 1 aliphatic rings. The van der Waals surface area contributed by atoms with Gasteiger partial charge in [0.25, 0.3) is 15.9 Å². The summed E-state index contributed by atoms with van der Waals surface area (Å²) in [7, 11) is -2.62. The molecule has 3 N–H and O–H groups in total. The second-order valence-corrected chi connectivity index (χ2v) is 8.00. The molecule has 5 amide bonds. The number of rotatable bonds is 6. The van der Waals surface area contributed by atoms with Crippen molar-refractivity contribution in [1.29, 1.82) is 0 Å². The quantitative estimate of drug-likeness (QED) is 0.651. The first-order valence-electron chi connectivity index (χ1n) is 8.81. The van der Waals surface area contributed by atoms with Gasteiger partial charge in [-0.15, -0.1) is 0 Å². The number of hydrogen-bond acceptors (Lipinski definition) is 5. The highest BCUT2D eigenvalue weighted by atomic mass is 32.2. The van der Waals surface area contributed by atoms with E-state index in [9.17, 15) is 22.8 Å². The average Bonchev–Trinajstić information content (AvgIpc) is 2.95. The van der Waals surface area contributed by atoms with Crippen LogP contribution in [0.1, 0.15) is 25.8 Å². The van der Waals surface area contributed by atoms with Gasteiger partial charge in [-0.2, -0.15) is 0 Å². The van der Waals surface area contributed by atoms with Crippen molar-refractivity contribution in [3.8, 4) is 0 Å². The van der Waals surface area contributed by atoms with Crippen molar-refractivity contribution < 1.29 is 22.8 Å². The van der Waals surface area contributed by atoms with Crippen LogP contribution < -0.4 is 15.4 Å². The number of urea groups is 2. The number of benzene rings is 1. The molecule has 1 aliphatic heterocycles. The van der Waals surface area contributed by atoms with Crippen LogP contribution in [0.15, 0.2) is 40.3 Å². The summed E-state index contributed by atoms with van der Waals surface area (Å²) in [6.45, 7) is 4.33. The van der Waals surface area contributed by atoms with E-state index in [1.165, 1.54) is 24.1 Å². The Balaban J connectivity index is 1.88. The Morgan fingerprint density at radius 2 is 1.82 bits per heavy atom. The lowest BCUT2D eigenvalue weighted by Crippen LogP contribution is -2.42. The maximum absolute atomic E-state index is 12.2.